The highest BCUT2D eigenvalue weighted by atomic mass is 35.5. The van der Waals surface area contributed by atoms with Crippen LogP contribution >= 0.6 is 23.2 Å². The summed E-state index contributed by atoms with van der Waals surface area (Å²) in [6.45, 7) is 2.01. The van der Waals surface area contributed by atoms with Crippen molar-refractivity contribution in [3.63, 3.8) is 0 Å². The fourth-order valence-corrected chi connectivity index (χ4v) is 2.53. The molecule has 2 aromatic rings. The highest BCUT2D eigenvalue weighted by molar-refractivity contribution is 6.42. The average Bonchev–Trinajstić information content (AvgIpc) is 2.44. The number of hydrogen-bond donors (Lipinski definition) is 1. The molecule has 2 aromatic carbocycles. The molecule has 0 spiro atoms. The number of carbonyl (C=O) groups is 1. The number of aliphatic carboxylic acids is 1. The number of benzene rings is 2. The van der Waals surface area contributed by atoms with Crippen LogP contribution in [0.15, 0.2) is 42.5 Å². The topological polar surface area (TPSA) is 37.3 Å². The lowest BCUT2D eigenvalue weighted by molar-refractivity contribution is -0.141. The first kappa shape index (κ1) is 15.9. The summed E-state index contributed by atoms with van der Waals surface area (Å²) in [6.07, 6.45) is 0.927. The Bertz CT molecular complexity index is 636. The van der Waals surface area contributed by atoms with Crippen LogP contribution in [0.4, 0.5) is 0 Å². The molecule has 0 saturated carbocycles. The molecule has 0 radical (unpaired) electrons. The lowest BCUT2D eigenvalue weighted by Gasteiger charge is -2.13. The van der Waals surface area contributed by atoms with E-state index in [1.165, 1.54) is 0 Å². The molecule has 1 atom stereocenters. The van der Waals surface area contributed by atoms with Crippen LogP contribution < -0.4 is 0 Å². The van der Waals surface area contributed by atoms with E-state index in [9.17, 15) is 9.90 Å². The summed E-state index contributed by atoms with van der Waals surface area (Å²) >= 11 is 11.9. The minimum absolute atomic E-state index is 0.431. The third kappa shape index (κ3) is 4.48. The van der Waals surface area contributed by atoms with Crippen LogP contribution in [0.3, 0.4) is 0 Å². The molecule has 4 heteroatoms. The Balaban J connectivity index is 2.13. The SMILES string of the molecule is Cc1ccc(CC(Cc2ccc(Cl)c(Cl)c2)C(=O)O)cc1. The van der Waals surface area contributed by atoms with Gasteiger partial charge < -0.3 is 5.11 Å². The molecule has 0 bridgehead atoms. The molecule has 0 aliphatic heterocycles. The van der Waals surface area contributed by atoms with E-state index in [0.717, 1.165) is 16.7 Å². The number of rotatable bonds is 5. The van der Waals surface area contributed by atoms with Gasteiger partial charge >= 0.3 is 5.97 Å². The molecular formula is C17H16Cl2O2. The van der Waals surface area contributed by atoms with Gasteiger partial charge in [-0.1, -0.05) is 59.1 Å². The van der Waals surface area contributed by atoms with Crippen molar-refractivity contribution in [1.29, 1.82) is 0 Å². The van der Waals surface area contributed by atoms with Gasteiger partial charge in [-0.15, -0.1) is 0 Å². The predicted molar refractivity (Wildman–Crippen MR) is 86.2 cm³/mol. The fourth-order valence-electron chi connectivity index (χ4n) is 2.21. The molecule has 2 nitrogen and oxygen atoms in total. The zero-order chi connectivity index (χ0) is 15.4. The summed E-state index contributed by atoms with van der Waals surface area (Å²) in [5.41, 5.74) is 3.06. The number of aryl methyl sites for hydroxylation is 1. The molecule has 0 heterocycles. The molecule has 2 rings (SSSR count). The van der Waals surface area contributed by atoms with Gasteiger partial charge in [0.1, 0.15) is 0 Å². The summed E-state index contributed by atoms with van der Waals surface area (Å²) in [5, 5.41) is 10.3. The number of carboxylic acid groups (broad SMARTS) is 1. The minimum atomic E-state index is -0.804. The number of hydrogen-bond acceptors (Lipinski definition) is 1. The normalized spacial score (nSPS) is 12.1. The molecular weight excluding hydrogens is 307 g/mol. The molecule has 110 valence electrons. The molecule has 1 N–H and O–H groups in total. The Hall–Kier alpha value is -1.51. The second kappa shape index (κ2) is 6.97. The van der Waals surface area contributed by atoms with Gasteiger partial charge in [0.2, 0.25) is 0 Å². The van der Waals surface area contributed by atoms with Crippen LogP contribution in [0, 0.1) is 12.8 Å². The lowest BCUT2D eigenvalue weighted by Crippen LogP contribution is -2.19. The first-order valence-corrected chi connectivity index (χ1v) is 7.43. The fraction of sp³-hybridized carbons (Fsp3) is 0.235. The van der Waals surface area contributed by atoms with Crippen LogP contribution in [0.1, 0.15) is 16.7 Å². The van der Waals surface area contributed by atoms with Gasteiger partial charge in [0.25, 0.3) is 0 Å². The van der Waals surface area contributed by atoms with E-state index >= 15 is 0 Å². The Morgan fingerprint density at radius 2 is 1.57 bits per heavy atom. The average molecular weight is 323 g/mol. The van der Waals surface area contributed by atoms with Crippen LogP contribution in [-0.4, -0.2) is 11.1 Å². The van der Waals surface area contributed by atoms with Crippen molar-refractivity contribution in [2.75, 3.05) is 0 Å². The zero-order valence-corrected chi connectivity index (χ0v) is 13.2. The Kier molecular flexibility index (Phi) is 5.27. The van der Waals surface area contributed by atoms with Crippen molar-refractivity contribution >= 4 is 29.2 Å². The number of halogens is 2. The summed E-state index contributed by atoms with van der Waals surface area (Å²) in [7, 11) is 0. The zero-order valence-electron chi connectivity index (χ0n) is 11.6. The van der Waals surface area contributed by atoms with E-state index in [2.05, 4.69) is 0 Å². The maximum atomic E-state index is 11.5. The molecule has 0 aromatic heterocycles. The van der Waals surface area contributed by atoms with Gasteiger partial charge in [-0.2, -0.15) is 0 Å². The maximum absolute atomic E-state index is 11.5. The summed E-state index contributed by atoms with van der Waals surface area (Å²) in [6, 6.07) is 13.2. The first-order chi connectivity index (χ1) is 9.95. The second-order valence-corrected chi connectivity index (χ2v) is 5.99. The Labute approximate surface area is 134 Å². The van der Waals surface area contributed by atoms with Crippen LogP contribution in [0.25, 0.3) is 0 Å². The highest BCUT2D eigenvalue weighted by Gasteiger charge is 2.19. The van der Waals surface area contributed by atoms with E-state index in [4.69, 9.17) is 23.2 Å². The van der Waals surface area contributed by atoms with Gasteiger partial charge in [0, 0.05) is 0 Å². The second-order valence-electron chi connectivity index (χ2n) is 5.18. The minimum Gasteiger partial charge on any atom is -0.481 e. The quantitative estimate of drug-likeness (QED) is 0.859. The van der Waals surface area contributed by atoms with Gasteiger partial charge in [0.05, 0.1) is 16.0 Å². The Morgan fingerprint density at radius 3 is 2.14 bits per heavy atom. The van der Waals surface area contributed by atoms with E-state index in [1.54, 1.807) is 12.1 Å². The highest BCUT2D eigenvalue weighted by Crippen LogP contribution is 2.25. The largest absolute Gasteiger partial charge is 0.481 e. The van der Waals surface area contributed by atoms with Crippen LogP contribution in [0.5, 0.6) is 0 Å². The molecule has 21 heavy (non-hydrogen) atoms. The molecule has 0 aliphatic carbocycles. The van der Waals surface area contributed by atoms with Gasteiger partial charge in [0.15, 0.2) is 0 Å². The van der Waals surface area contributed by atoms with Gasteiger partial charge in [-0.3, -0.25) is 4.79 Å². The first-order valence-electron chi connectivity index (χ1n) is 6.68. The summed E-state index contributed by atoms with van der Waals surface area (Å²) in [4.78, 5) is 11.5. The number of carboxylic acids is 1. The third-order valence-corrected chi connectivity index (χ3v) is 4.16. The van der Waals surface area contributed by atoms with Crippen molar-refractivity contribution in [3.8, 4) is 0 Å². The summed E-state index contributed by atoms with van der Waals surface area (Å²) in [5.74, 6) is -1.29. The maximum Gasteiger partial charge on any atom is 0.307 e. The van der Waals surface area contributed by atoms with E-state index in [0.29, 0.717) is 22.9 Å². The van der Waals surface area contributed by atoms with E-state index in [1.807, 2.05) is 37.3 Å². The standard InChI is InChI=1S/C17H16Cl2O2/c1-11-2-4-12(5-3-11)8-14(17(20)21)9-13-6-7-15(18)16(19)10-13/h2-7,10,14H,8-9H2,1H3,(H,20,21). The molecule has 0 saturated heterocycles. The van der Waals surface area contributed by atoms with Crippen molar-refractivity contribution in [1.82, 2.24) is 0 Å². The molecule has 0 aliphatic rings. The van der Waals surface area contributed by atoms with Crippen LogP contribution in [-0.2, 0) is 17.6 Å². The van der Waals surface area contributed by atoms with Crippen molar-refractivity contribution in [2.24, 2.45) is 5.92 Å². The molecule has 0 fully saturated rings. The van der Waals surface area contributed by atoms with Crippen molar-refractivity contribution in [3.05, 3.63) is 69.2 Å². The monoisotopic (exact) mass is 322 g/mol. The van der Waals surface area contributed by atoms with Gasteiger partial charge in [-0.05, 0) is 43.0 Å². The smallest absolute Gasteiger partial charge is 0.307 e. The Morgan fingerprint density at radius 1 is 1.00 bits per heavy atom. The molecule has 1 unspecified atom stereocenters. The third-order valence-electron chi connectivity index (χ3n) is 3.42. The predicted octanol–water partition coefficient (Wildman–Crippen LogP) is 4.79. The van der Waals surface area contributed by atoms with Crippen molar-refractivity contribution < 1.29 is 9.90 Å². The van der Waals surface area contributed by atoms with E-state index in [-0.39, 0.29) is 0 Å². The lowest BCUT2D eigenvalue weighted by atomic mass is 9.92. The van der Waals surface area contributed by atoms with Gasteiger partial charge in [-0.25, -0.2) is 0 Å². The summed E-state index contributed by atoms with van der Waals surface area (Å²) < 4.78 is 0. The molecule has 0 amide bonds. The van der Waals surface area contributed by atoms with E-state index < -0.39 is 11.9 Å². The van der Waals surface area contributed by atoms with Crippen LogP contribution in [0.2, 0.25) is 10.0 Å². The van der Waals surface area contributed by atoms with Crippen molar-refractivity contribution in [2.45, 2.75) is 19.8 Å².